The van der Waals surface area contributed by atoms with Gasteiger partial charge in [0.15, 0.2) is 11.4 Å². The van der Waals surface area contributed by atoms with E-state index in [0.717, 1.165) is 62.0 Å². The lowest BCUT2D eigenvalue weighted by atomic mass is 9.91. The summed E-state index contributed by atoms with van der Waals surface area (Å²) in [7, 11) is 4.13. The number of piperidine rings is 1. The molecule has 31 heavy (non-hydrogen) atoms. The Labute approximate surface area is 183 Å². The van der Waals surface area contributed by atoms with Crippen LogP contribution >= 0.6 is 0 Å². The summed E-state index contributed by atoms with van der Waals surface area (Å²) in [4.78, 5) is 11.6. The van der Waals surface area contributed by atoms with Gasteiger partial charge in [-0.15, -0.1) is 0 Å². The Morgan fingerprint density at radius 2 is 2.00 bits per heavy atom. The first-order valence-electron chi connectivity index (χ1n) is 11.2. The zero-order chi connectivity index (χ0) is 21.2. The van der Waals surface area contributed by atoms with Crippen molar-refractivity contribution in [2.24, 2.45) is 5.92 Å². The van der Waals surface area contributed by atoms with Crippen LogP contribution in [0.15, 0.2) is 47.1 Å². The number of anilines is 1. The van der Waals surface area contributed by atoms with E-state index in [1.807, 2.05) is 24.4 Å². The average Bonchev–Trinajstić information content (AvgIpc) is 3.22. The second kappa shape index (κ2) is 8.85. The van der Waals surface area contributed by atoms with Gasteiger partial charge in [-0.3, -0.25) is 4.90 Å². The topological polar surface area (TPSA) is 57.9 Å². The van der Waals surface area contributed by atoms with Gasteiger partial charge in [0, 0.05) is 56.9 Å². The van der Waals surface area contributed by atoms with Gasteiger partial charge in [0.25, 0.3) is 0 Å². The van der Waals surface area contributed by atoms with E-state index in [1.54, 1.807) is 0 Å². The van der Waals surface area contributed by atoms with Crippen LogP contribution in [0, 0.1) is 5.92 Å². The normalized spacial score (nSPS) is 22.1. The van der Waals surface area contributed by atoms with E-state index in [9.17, 15) is 0 Å². The largest absolute Gasteiger partial charge is 0.477 e. The second-order valence-electron chi connectivity index (χ2n) is 9.09. The second-order valence-corrected chi connectivity index (χ2v) is 9.09. The summed E-state index contributed by atoms with van der Waals surface area (Å²) in [6.07, 6.45) is 4.29. The summed E-state index contributed by atoms with van der Waals surface area (Å²) in [5.74, 6) is 2.27. The molecule has 7 heteroatoms. The molecule has 2 unspecified atom stereocenters. The van der Waals surface area contributed by atoms with Crippen molar-refractivity contribution in [3.05, 3.63) is 48.2 Å². The number of rotatable bonds is 6. The fourth-order valence-corrected chi connectivity index (χ4v) is 4.85. The number of fused-ring (bicyclic) bond motifs is 2. The molecule has 0 aliphatic carbocycles. The van der Waals surface area contributed by atoms with Crippen molar-refractivity contribution in [1.82, 2.24) is 19.9 Å². The van der Waals surface area contributed by atoms with Gasteiger partial charge in [0.2, 0.25) is 5.88 Å². The molecule has 164 valence electrons. The van der Waals surface area contributed by atoms with Crippen molar-refractivity contribution >= 4 is 16.8 Å². The lowest BCUT2D eigenvalue weighted by Crippen LogP contribution is -2.57. The molecule has 2 aromatic heterocycles. The highest BCUT2D eigenvalue weighted by molar-refractivity contribution is 5.88. The molecule has 0 radical (unpaired) electrons. The number of para-hydroxylation sites is 1. The lowest BCUT2D eigenvalue weighted by Gasteiger charge is -2.46. The third-order valence-electron chi connectivity index (χ3n) is 6.43. The first-order chi connectivity index (χ1) is 15.2. The molecular weight excluding hydrogens is 390 g/mol. The van der Waals surface area contributed by atoms with E-state index in [-0.39, 0.29) is 0 Å². The first kappa shape index (κ1) is 20.3. The van der Waals surface area contributed by atoms with Crippen LogP contribution in [0.4, 0.5) is 5.82 Å². The highest BCUT2D eigenvalue weighted by atomic mass is 16.5. The van der Waals surface area contributed by atoms with Gasteiger partial charge in [0.05, 0.1) is 12.0 Å². The van der Waals surface area contributed by atoms with Crippen molar-refractivity contribution in [2.45, 2.75) is 25.4 Å². The zero-order valence-corrected chi connectivity index (χ0v) is 18.4. The summed E-state index contributed by atoms with van der Waals surface area (Å²) < 4.78 is 11.6. The molecule has 0 bridgehead atoms. The zero-order valence-electron chi connectivity index (χ0n) is 18.4. The van der Waals surface area contributed by atoms with E-state index in [2.05, 4.69) is 57.1 Å². The van der Waals surface area contributed by atoms with Crippen LogP contribution < -0.4 is 9.64 Å². The molecule has 2 atom stereocenters. The molecule has 1 aromatic carbocycles. The molecule has 4 heterocycles. The Kier molecular flexibility index (Phi) is 5.78. The highest BCUT2D eigenvalue weighted by Crippen LogP contribution is 2.31. The Morgan fingerprint density at radius 3 is 2.84 bits per heavy atom. The maximum atomic E-state index is 6.03. The summed E-state index contributed by atoms with van der Waals surface area (Å²) in [5, 5.41) is 5.47. The average molecular weight is 422 g/mol. The predicted octanol–water partition coefficient (Wildman–Crippen LogP) is 3.26. The molecule has 0 N–H and O–H groups in total. The Hall–Kier alpha value is -2.64. The summed E-state index contributed by atoms with van der Waals surface area (Å²) in [6, 6.07) is 12.8. The number of aromatic nitrogens is 2. The molecule has 5 rings (SSSR count). The van der Waals surface area contributed by atoms with E-state index in [1.165, 1.54) is 18.4 Å². The molecule has 7 nitrogen and oxygen atoms in total. The van der Waals surface area contributed by atoms with Crippen LogP contribution in [0.1, 0.15) is 18.4 Å². The van der Waals surface area contributed by atoms with Crippen molar-refractivity contribution in [3.8, 4) is 5.88 Å². The molecular formula is C24H31N5O2. The number of hydrogen-bond donors (Lipinski definition) is 0. The lowest BCUT2D eigenvalue weighted by molar-refractivity contribution is 0.0716. The Balaban J connectivity index is 1.14. The first-order valence-corrected chi connectivity index (χ1v) is 11.2. The van der Waals surface area contributed by atoms with Gasteiger partial charge in [-0.05, 0) is 44.6 Å². The van der Waals surface area contributed by atoms with Crippen LogP contribution in [0.5, 0.6) is 5.88 Å². The molecule has 3 aromatic rings. The van der Waals surface area contributed by atoms with Crippen LogP contribution in [0.2, 0.25) is 0 Å². The van der Waals surface area contributed by atoms with Gasteiger partial charge in [-0.2, -0.15) is 0 Å². The number of piperazine rings is 1. The van der Waals surface area contributed by atoms with Gasteiger partial charge >= 0.3 is 0 Å². The van der Waals surface area contributed by atoms with E-state index in [0.29, 0.717) is 12.0 Å². The van der Waals surface area contributed by atoms with Crippen molar-refractivity contribution in [1.29, 1.82) is 0 Å². The minimum Gasteiger partial charge on any atom is -0.477 e. The van der Waals surface area contributed by atoms with Crippen molar-refractivity contribution in [3.63, 3.8) is 0 Å². The summed E-state index contributed by atoms with van der Waals surface area (Å²) >= 11 is 0. The number of ether oxygens (including phenoxy) is 1. The number of benzene rings is 1. The molecule has 2 aliphatic rings. The molecule has 0 saturated carbocycles. The predicted molar refractivity (Wildman–Crippen MR) is 121 cm³/mol. The molecule has 2 aliphatic heterocycles. The van der Waals surface area contributed by atoms with Crippen LogP contribution in [-0.4, -0.2) is 72.9 Å². The number of hydrogen-bond acceptors (Lipinski definition) is 7. The molecule has 2 saturated heterocycles. The molecule has 0 amide bonds. The summed E-state index contributed by atoms with van der Waals surface area (Å²) in [6.45, 7) is 5.78. The van der Waals surface area contributed by atoms with Crippen molar-refractivity contribution < 1.29 is 9.26 Å². The standard InChI is InChI=1S/C24H31N5O2/c1-27(2)14-18-8-10-23(25-13-18)30-17-19-7-9-20-16-29(12-11-28(20)15-19)24-21-5-3-4-6-22(21)31-26-24/h3-6,8,10,13,19-20H,7,9,11-12,14-17H2,1-2H3. The van der Waals surface area contributed by atoms with Crippen LogP contribution in [-0.2, 0) is 6.54 Å². The molecule has 0 spiro atoms. The van der Waals surface area contributed by atoms with Gasteiger partial charge < -0.3 is 19.1 Å². The smallest absolute Gasteiger partial charge is 0.213 e. The van der Waals surface area contributed by atoms with E-state index < -0.39 is 0 Å². The van der Waals surface area contributed by atoms with E-state index in [4.69, 9.17) is 9.26 Å². The SMILES string of the molecule is CN(C)Cc1ccc(OCC2CCC3CN(c4noc5ccccc45)CCN3C2)nc1. The van der Waals surface area contributed by atoms with Gasteiger partial charge in [-0.1, -0.05) is 23.4 Å². The van der Waals surface area contributed by atoms with Crippen LogP contribution in [0.3, 0.4) is 0 Å². The minimum atomic E-state index is 0.555. The fraction of sp³-hybridized carbons (Fsp3) is 0.500. The Bertz CT molecular complexity index is 1000. The third kappa shape index (κ3) is 4.52. The fourth-order valence-electron chi connectivity index (χ4n) is 4.85. The molecule has 2 fully saturated rings. The van der Waals surface area contributed by atoms with Gasteiger partial charge in [0.1, 0.15) is 0 Å². The summed E-state index contributed by atoms with van der Waals surface area (Å²) in [5.41, 5.74) is 2.07. The highest BCUT2D eigenvalue weighted by Gasteiger charge is 2.34. The van der Waals surface area contributed by atoms with E-state index >= 15 is 0 Å². The third-order valence-corrected chi connectivity index (χ3v) is 6.43. The number of nitrogens with zero attached hydrogens (tertiary/aromatic N) is 5. The quantitative estimate of drug-likeness (QED) is 0.605. The van der Waals surface area contributed by atoms with Gasteiger partial charge in [-0.25, -0.2) is 4.98 Å². The Morgan fingerprint density at radius 1 is 1.10 bits per heavy atom. The maximum absolute atomic E-state index is 6.03. The minimum absolute atomic E-state index is 0.555. The monoisotopic (exact) mass is 421 g/mol. The van der Waals surface area contributed by atoms with Crippen LogP contribution in [0.25, 0.3) is 11.0 Å². The maximum Gasteiger partial charge on any atom is 0.213 e. The number of pyridine rings is 1. The van der Waals surface area contributed by atoms with Crippen molar-refractivity contribution in [2.75, 3.05) is 51.8 Å².